The lowest BCUT2D eigenvalue weighted by Gasteiger charge is -2.35. The molecule has 10 nitrogen and oxygen atoms in total. The molecule has 1 atom stereocenters. The van der Waals surface area contributed by atoms with Crippen LogP contribution >= 0.6 is 0 Å². The molecule has 3 N–H and O–H groups in total. The lowest BCUT2D eigenvalue weighted by molar-refractivity contribution is 0.0968. The molecule has 172 valence electrons. The molecule has 0 radical (unpaired) electrons. The Hall–Kier alpha value is -3.79. The standard InChI is InChI=1S/C23H28N8O2/c1-29-8-10-31(11-9-29)15-4-5-17(20(12-15)33-3)28-23-25-14-19-21(30(23)2)26-18-13-24-7-6-16(18)22(32)27-19/h4-7,12-14,23,26,28H,8-11H2,1-3H3,(H,27,32). The van der Waals surface area contributed by atoms with E-state index in [1.807, 2.05) is 18.0 Å². The summed E-state index contributed by atoms with van der Waals surface area (Å²) in [5, 5.41) is 9.70. The van der Waals surface area contributed by atoms with Gasteiger partial charge in [-0.15, -0.1) is 0 Å². The van der Waals surface area contributed by atoms with Gasteiger partial charge in [0, 0.05) is 51.2 Å². The Labute approximate surface area is 192 Å². The summed E-state index contributed by atoms with van der Waals surface area (Å²) >= 11 is 0. The number of carbonyl (C=O) groups is 1. The topological polar surface area (TPSA) is 97.4 Å². The molecule has 0 bridgehead atoms. The highest BCUT2D eigenvalue weighted by Gasteiger charge is 2.29. The van der Waals surface area contributed by atoms with Crippen LogP contribution < -0.4 is 25.6 Å². The summed E-state index contributed by atoms with van der Waals surface area (Å²) in [5.74, 6) is 1.29. The van der Waals surface area contributed by atoms with E-state index in [1.54, 1.807) is 31.8 Å². The van der Waals surface area contributed by atoms with Gasteiger partial charge in [-0.05, 0) is 25.2 Å². The summed E-state index contributed by atoms with van der Waals surface area (Å²) in [7, 11) is 5.74. The zero-order valence-electron chi connectivity index (χ0n) is 19.0. The molecule has 1 unspecified atom stereocenters. The monoisotopic (exact) mass is 448 g/mol. The smallest absolute Gasteiger partial charge is 0.258 e. The van der Waals surface area contributed by atoms with Crippen molar-refractivity contribution in [3.8, 4) is 5.75 Å². The van der Waals surface area contributed by atoms with Crippen LogP contribution in [0.3, 0.4) is 0 Å². The van der Waals surface area contributed by atoms with E-state index in [-0.39, 0.29) is 5.91 Å². The van der Waals surface area contributed by atoms with Crippen LogP contribution in [0.2, 0.25) is 0 Å². The number of amides is 1. The Balaban J connectivity index is 1.35. The Morgan fingerprint density at radius 2 is 1.94 bits per heavy atom. The van der Waals surface area contributed by atoms with Crippen LogP contribution in [-0.4, -0.2) is 80.6 Å². The molecule has 1 aromatic heterocycles. The van der Waals surface area contributed by atoms with Gasteiger partial charge in [-0.2, -0.15) is 0 Å². The van der Waals surface area contributed by atoms with Gasteiger partial charge < -0.3 is 35.4 Å². The summed E-state index contributed by atoms with van der Waals surface area (Å²) in [6.07, 6.45) is 4.52. The number of likely N-dealkylation sites (N-methyl/N-ethyl adjacent to an activating group) is 1. The average molecular weight is 449 g/mol. The number of pyridine rings is 1. The second kappa shape index (κ2) is 8.62. The fourth-order valence-corrected chi connectivity index (χ4v) is 4.21. The largest absolute Gasteiger partial charge is 0.495 e. The van der Waals surface area contributed by atoms with E-state index < -0.39 is 6.29 Å². The predicted octanol–water partition coefficient (Wildman–Crippen LogP) is 1.58. The number of rotatable bonds is 4. The average Bonchev–Trinajstić information content (AvgIpc) is 2.98. The number of aromatic nitrogens is 1. The molecule has 10 heteroatoms. The molecule has 1 fully saturated rings. The molecule has 5 rings (SSSR count). The second-order valence-electron chi connectivity index (χ2n) is 8.34. The van der Waals surface area contributed by atoms with Crippen molar-refractivity contribution in [1.29, 1.82) is 0 Å². The van der Waals surface area contributed by atoms with Gasteiger partial charge in [0.2, 0.25) is 0 Å². The number of hydrogen-bond donors (Lipinski definition) is 3. The number of carbonyl (C=O) groups excluding carboxylic acids is 1. The Bertz CT molecular complexity index is 1120. The van der Waals surface area contributed by atoms with E-state index in [4.69, 9.17) is 4.74 Å². The summed E-state index contributed by atoms with van der Waals surface area (Å²) in [5.41, 5.74) is 3.78. The third kappa shape index (κ3) is 4.05. The van der Waals surface area contributed by atoms with Crippen molar-refractivity contribution < 1.29 is 9.53 Å². The van der Waals surface area contributed by atoms with Crippen LogP contribution in [0.4, 0.5) is 17.1 Å². The van der Waals surface area contributed by atoms with Gasteiger partial charge in [-0.3, -0.25) is 9.78 Å². The molecule has 4 heterocycles. The fraction of sp³-hybridized carbons (Fsp3) is 0.348. The summed E-state index contributed by atoms with van der Waals surface area (Å²) in [4.78, 5) is 28.0. The number of benzene rings is 1. The number of methoxy groups -OCH3 is 1. The SMILES string of the molecule is COc1cc(N2CCN(C)CC2)ccc1NC1N=CC2=C(Nc3cnccc3C(=O)N2)N1C. The predicted molar refractivity (Wildman–Crippen MR) is 129 cm³/mol. The Morgan fingerprint density at radius 3 is 2.73 bits per heavy atom. The van der Waals surface area contributed by atoms with Crippen LogP contribution in [-0.2, 0) is 0 Å². The molecule has 1 aromatic carbocycles. The van der Waals surface area contributed by atoms with E-state index in [1.165, 1.54) is 0 Å². The minimum absolute atomic E-state index is 0.197. The van der Waals surface area contributed by atoms with Gasteiger partial charge >= 0.3 is 0 Å². The van der Waals surface area contributed by atoms with E-state index in [0.29, 0.717) is 16.9 Å². The highest BCUT2D eigenvalue weighted by molar-refractivity contribution is 6.04. The number of allylic oxidation sites excluding steroid dienone is 1. The van der Waals surface area contributed by atoms with Crippen LogP contribution in [0.1, 0.15) is 10.4 Å². The molecule has 1 amide bonds. The molecule has 1 saturated heterocycles. The number of ether oxygens (including phenoxy) is 1. The van der Waals surface area contributed by atoms with Gasteiger partial charge in [-0.25, -0.2) is 4.99 Å². The van der Waals surface area contributed by atoms with E-state index in [0.717, 1.165) is 49.1 Å². The van der Waals surface area contributed by atoms with E-state index in [2.05, 4.69) is 54.9 Å². The normalized spacial score (nSPS) is 20.5. The molecular weight excluding hydrogens is 420 g/mol. The van der Waals surface area contributed by atoms with Crippen molar-refractivity contribution in [2.75, 3.05) is 62.9 Å². The minimum Gasteiger partial charge on any atom is -0.495 e. The molecule has 3 aliphatic heterocycles. The van der Waals surface area contributed by atoms with Gasteiger partial charge in [0.25, 0.3) is 5.91 Å². The second-order valence-corrected chi connectivity index (χ2v) is 8.34. The van der Waals surface area contributed by atoms with Crippen molar-refractivity contribution in [2.24, 2.45) is 4.99 Å². The number of aliphatic imine (C=N–C) groups is 1. The lowest BCUT2D eigenvalue weighted by atomic mass is 10.2. The molecular formula is C23H28N8O2. The van der Waals surface area contributed by atoms with Gasteiger partial charge in [0.1, 0.15) is 17.3 Å². The Kier molecular flexibility index (Phi) is 5.51. The van der Waals surface area contributed by atoms with Crippen molar-refractivity contribution in [3.05, 3.63) is 53.7 Å². The van der Waals surface area contributed by atoms with Gasteiger partial charge in [-0.1, -0.05) is 0 Å². The number of piperazine rings is 1. The van der Waals surface area contributed by atoms with Gasteiger partial charge in [0.05, 0.1) is 36.5 Å². The quantitative estimate of drug-likeness (QED) is 0.649. The first-order chi connectivity index (χ1) is 16.0. The van der Waals surface area contributed by atoms with Crippen LogP contribution in [0.25, 0.3) is 0 Å². The number of nitrogens with one attached hydrogen (secondary N) is 3. The highest BCUT2D eigenvalue weighted by Crippen LogP contribution is 2.32. The number of hydrogen-bond acceptors (Lipinski definition) is 9. The summed E-state index contributed by atoms with van der Waals surface area (Å²) in [6.45, 7) is 4.08. The van der Waals surface area contributed by atoms with Gasteiger partial charge in [0.15, 0.2) is 6.29 Å². The van der Waals surface area contributed by atoms with Crippen LogP contribution in [0, 0.1) is 0 Å². The van der Waals surface area contributed by atoms with Crippen LogP contribution in [0.15, 0.2) is 53.2 Å². The first kappa shape index (κ1) is 21.1. The van der Waals surface area contributed by atoms with Crippen molar-refractivity contribution in [1.82, 2.24) is 20.1 Å². The van der Waals surface area contributed by atoms with E-state index in [9.17, 15) is 4.79 Å². The maximum atomic E-state index is 12.6. The molecule has 33 heavy (non-hydrogen) atoms. The molecule has 0 aliphatic carbocycles. The zero-order valence-corrected chi connectivity index (χ0v) is 19.0. The zero-order chi connectivity index (χ0) is 22.9. The lowest BCUT2D eigenvalue weighted by Crippen LogP contribution is -2.44. The van der Waals surface area contributed by atoms with Crippen molar-refractivity contribution >= 4 is 29.2 Å². The molecule has 3 aliphatic rings. The van der Waals surface area contributed by atoms with Crippen molar-refractivity contribution in [3.63, 3.8) is 0 Å². The maximum Gasteiger partial charge on any atom is 0.258 e. The summed E-state index contributed by atoms with van der Waals surface area (Å²) < 4.78 is 5.70. The fourth-order valence-electron chi connectivity index (χ4n) is 4.21. The third-order valence-electron chi connectivity index (χ3n) is 6.22. The number of nitrogens with zero attached hydrogens (tertiary/aromatic N) is 5. The third-order valence-corrected chi connectivity index (χ3v) is 6.22. The number of anilines is 3. The minimum atomic E-state index is -0.394. The first-order valence-electron chi connectivity index (χ1n) is 10.9. The van der Waals surface area contributed by atoms with E-state index >= 15 is 0 Å². The first-order valence-corrected chi connectivity index (χ1v) is 10.9. The maximum absolute atomic E-state index is 12.6. The molecule has 0 spiro atoms. The summed E-state index contributed by atoms with van der Waals surface area (Å²) in [6, 6.07) is 7.90. The molecule has 0 saturated carbocycles. The number of fused-ring (bicyclic) bond motifs is 1. The molecule has 2 aromatic rings. The Morgan fingerprint density at radius 1 is 1.12 bits per heavy atom. The highest BCUT2D eigenvalue weighted by atomic mass is 16.5. The van der Waals surface area contributed by atoms with Crippen molar-refractivity contribution in [2.45, 2.75) is 6.29 Å². The van der Waals surface area contributed by atoms with Crippen LogP contribution in [0.5, 0.6) is 5.75 Å².